The quantitative estimate of drug-likeness (QED) is 0.904. The number of amides is 1. The highest BCUT2D eigenvalue weighted by Crippen LogP contribution is 2.20. The number of H-pyrrole nitrogens is 1. The number of benzene rings is 1. The van der Waals surface area contributed by atoms with Crippen molar-refractivity contribution in [1.82, 2.24) is 9.88 Å². The summed E-state index contributed by atoms with van der Waals surface area (Å²) in [5.41, 5.74) is 2.18. The molecule has 0 spiro atoms. The van der Waals surface area contributed by atoms with Gasteiger partial charge in [-0.3, -0.25) is 4.79 Å². The van der Waals surface area contributed by atoms with Gasteiger partial charge in [-0.15, -0.1) is 0 Å². The Hall–Kier alpha value is -2.30. The van der Waals surface area contributed by atoms with Gasteiger partial charge >= 0.3 is 5.97 Å². The third-order valence-corrected chi connectivity index (χ3v) is 4.10. The van der Waals surface area contributed by atoms with Crippen molar-refractivity contribution in [1.29, 1.82) is 0 Å². The van der Waals surface area contributed by atoms with Crippen LogP contribution in [0.3, 0.4) is 0 Å². The lowest BCUT2D eigenvalue weighted by atomic mass is 10.1. The number of nitrogens with one attached hydrogen (secondary N) is 1. The largest absolute Gasteiger partial charge is 0.480 e. The van der Waals surface area contributed by atoms with Gasteiger partial charge in [0, 0.05) is 24.7 Å². The molecule has 0 radical (unpaired) electrons. The number of hydrogen-bond donors (Lipinski definition) is 2. The Morgan fingerprint density at radius 2 is 2.19 bits per heavy atom. The Balaban J connectivity index is 1.63. The van der Waals surface area contributed by atoms with Crippen LogP contribution in [0.4, 0.5) is 0 Å². The van der Waals surface area contributed by atoms with Crippen molar-refractivity contribution in [3.05, 3.63) is 36.0 Å². The summed E-state index contributed by atoms with van der Waals surface area (Å²) in [6.45, 7) is 0.562. The predicted octanol–water partition coefficient (Wildman–Crippen LogP) is 2.18. The fraction of sp³-hybridized carbons (Fsp3) is 0.375. The first-order valence-corrected chi connectivity index (χ1v) is 7.23. The van der Waals surface area contributed by atoms with Crippen molar-refractivity contribution < 1.29 is 14.7 Å². The maximum Gasteiger partial charge on any atom is 0.326 e. The van der Waals surface area contributed by atoms with Crippen LogP contribution in [0.1, 0.15) is 24.8 Å². The third kappa shape index (κ3) is 2.77. The second-order valence-electron chi connectivity index (χ2n) is 5.48. The number of likely N-dealkylation sites (tertiary alicyclic amines) is 1. The molecule has 1 atom stereocenters. The summed E-state index contributed by atoms with van der Waals surface area (Å²) in [5.74, 6) is -0.955. The zero-order valence-electron chi connectivity index (χ0n) is 11.7. The van der Waals surface area contributed by atoms with Crippen LogP contribution in [0.2, 0.25) is 0 Å². The topological polar surface area (TPSA) is 73.4 Å². The third-order valence-electron chi connectivity index (χ3n) is 4.10. The Morgan fingerprint density at radius 3 is 3.00 bits per heavy atom. The number of hydrogen-bond acceptors (Lipinski definition) is 2. The minimum Gasteiger partial charge on any atom is -0.480 e. The molecule has 5 nitrogen and oxygen atoms in total. The molecule has 1 saturated heterocycles. The monoisotopic (exact) mass is 286 g/mol. The van der Waals surface area contributed by atoms with Crippen LogP contribution < -0.4 is 0 Å². The Morgan fingerprint density at radius 1 is 1.33 bits per heavy atom. The summed E-state index contributed by atoms with van der Waals surface area (Å²) in [7, 11) is 0. The molecule has 2 aromatic rings. The number of carbonyl (C=O) groups excluding carboxylic acids is 1. The van der Waals surface area contributed by atoms with Gasteiger partial charge in [0.1, 0.15) is 6.04 Å². The normalized spacial score (nSPS) is 18.3. The van der Waals surface area contributed by atoms with Gasteiger partial charge in [0.15, 0.2) is 0 Å². The van der Waals surface area contributed by atoms with Crippen molar-refractivity contribution in [2.75, 3.05) is 6.54 Å². The SMILES string of the molecule is O=C(O)C1CCCN1C(=O)CCc1ccc2[nH]ccc2c1. The molecular weight excluding hydrogens is 268 g/mol. The summed E-state index contributed by atoms with van der Waals surface area (Å²) in [5, 5.41) is 10.2. The van der Waals surface area contributed by atoms with Gasteiger partial charge in [0.25, 0.3) is 0 Å². The van der Waals surface area contributed by atoms with Gasteiger partial charge in [0.2, 0.25) is 5.91 Å². The minimum atomic E-state index is -0.894. The molecule has 1 unspecified atom stereocenters. The summed E-state index contributed by atoms with van der Waals surface area (Å²) in [6, 6.07) is 7.44. The van der Waals surface area contributed by atoms with Crippen LogP contribution in [0.5, 0.6) is 0 Å². The summed E-state index contributed by atoms with van der Waals surface area (Å²) in [6.07, 6.45) is 4.23. The van der Waals surface area contributed by atoms with E-state index in [1.165, 1.54) is 4.90 Å². The number of aryl methyl sites for hydroxylation is 1. The van der Waals surface area contributed by atoms with E-state index in [0.29, 0.717) is 25.8 Å². The molecule has 21 heavy (non-hydrogen) atoms. The fourth-order valence-electron chi connectivity index (χ4n) is 2.98. The molecule has 110 valence electrons. The molecule has 3 rings (SSSR count). The molecule has 1 fully saturated rings. The van der Waals surface area contributed by atoms with Crippen LogP contribution >= 0.6 is 0 Å². The molecule has 1 aliphatic heterocycles. The molecule has 5 heteroatoms. The average Bonchev–Trinajstić information content (AvgIpc) is 3.12. The summed E-state index contributed by atoms with van der Waals surface area (Å²) >= 11 is 0. The number of aromatic amines is 1. The average molecular weight is 286 g/mol. The number of aliphatic carboxylic acids is 1. The van der Waals surface area contributed by atoms with Crippen LogP contribution in [0, 0.1) is 0 Å². The van der Waals surface area contributed by atoms with E-state index in [0.717, 1.165) is 22.9 Å². The van der Waals surface area contributed by atoms with E-state index in [4.69, 9.17) is 5.11 Å². The van der Waals surface area contributed by atoms with E-state index < -0.39 is 12.0 Å². The van der Waals surface area contributed by atoms with E-state index in [-0.39, 0.29) is 5.91 Å². The first-order chi connectivity index (χ1) is 10.1. The van der Waals surface area contributed by atoms with Crippen molar-refractivity contribution in [3.8, 4) is 0 Å². The molecule has 1 aromatic carbocycles. The van der Waals surface area contributed by atoms with Crippen LogP contribution in [-0.4, -0.2) is 39.5 Å². The maximum absolute atomic E-state index is 12.2. The first-order valence-electron chi connectivity index (χ1n) is 7.23. The number of aromatic nitrogens is 1. The molecule has 0 bridgehead atoms. The smallest absolute Gasteiger partial charge is 0.326 e. The molecular formula is C16H18N2O3. The van der Waals surface area contributed by atoms with E-state index in [1.807, 2.05) is 24.4 Å². The van der Waals surface area contributed by atoms with Crippen molar-refractivity contribution >= 4 is 22.8 Å². The van der Waals surface area contributed by atoms with Gasteiger partial charge < -0.3 is 15.0 Å². The molecule has 1 aromatic heterocycles. The minimum absolute atomic E-state index is 0.0611. The highest BCUT2D eigenvalue weighted by atomic mass is 16.4. The van der Waals surface area contributed by atoms with Gasteiger partial charge in [-0.05, 0) is 48.4 Å². The van der Waals surface area contributed by atoms with Crippen molar-refractivity contribution in [2.24, 2.45) is 0 Å². The van der Waals surface area contributed by atoms with E-state index in [9.17, 15) is 9.59 Å². The standard InChI is InChI=1S/C16H18N2O3/c19-15(18-9-1-2-14(18)16(20)21)6-4-11-3-5-13-12(10-11)7-8-17-13/h3,5,7-8,10,14,17H,1-2,4,6,9H2,(H,20,21). The second kappa shape index (κ2) is 5.60. The molecule has 2 N–H and O–H groups in total. The molecule has 1 aliphatic rings. The van der Waals surface area contributed by atoms with Gasteiger partial charge in [-0.2, -0.15) is 0 Å². The Kier molecular flexibility index (Phi) is 3.64. The number of fused-ring (bicyclic) bond motifs is 1. The number of carboxylic acid groups (broad SMARTS) is 1. The van der Waals surface area contributed by atoms with E-state index >= 15 is 0 Å². The molecule has 1 amide bonds. The van der Waals surface area contributed by atoms with Gasteiger partial charge in [0.05, 0.1) is 0 Å². The van der Waals surface area contributed by atoms with Gasteiger partial charge in [-0.25, -0.2) is 4.79 Å². The van der Waals surface area contributed by atoms with Crippen LogP contribution in [0.15, 0.2) is 30.5 Å². The number of carboxylic acids is 1. The lowest BCUT2D eigenvalue weighted by molar-refractivity contribution is -0.148. The van der Waals surface area contributed by atoms with E-state index in [2.05, 4.69) is 11.1 Å². The van der Waals surface area contributed by atoms with Gasteiger partial charge in [-0.1, -0.05) is 6.07 Å². The number of carbonyl (C=O) groups is 2. The Bertz CT molecular complexity index is 677. The summed E-state index contributed by atoms with van der Waals surface area (Å²) in [4.78, 5) is 28.0. The lowest BCUT2D eigenvalue weighted by Crippen LogP contribution is -2.40. The molecule has 0 aliphatic carbocycles. The number of nitrogens with zero attached hydrogens (tertiary/aromatic N) is 1. The molecule has 2 heterocycles. The predicted molar refractivity (Wildman–Crippen MR) is 79.0 cm³/mol. The zero-order chi connectivity index (χ0) is 14.8. The molecule has 0 saturated carbocycles. The summed E-state index contributed by atoms with van der Waals surface area (Å²) < 4.78 is 0. The van der Waals surface area contributed by atoms with Crippen LogP contribution in [0.25, 0.3) is 10.9 Å². The fourth-order valence-corrected chi connectivity index (χ4v) is 2.98. The Labute approximate surface area is 122 Å². The highest BCUT2D eigenvalue weighted by Gasteiger charge is 2.33. The zero-order valence-corrected chi connectivity index (χ0v) is 11.7. The first kappa shape index (κ1) is 13.7. The lowest BCUT2D eigenvalue weighted by Gasteiger charge is -2.21. The van der Waals surface area contributed by atoms with Crippen molar-refractivity contribution in [2.45, 2.75) is 31.7 Å². The van der Waals surface area contributed by atoms with Crippen LogP contribution in [-0.2, 0) is 16.0 Å². The highest BCUT2D eigenvalue weighted by molar-refractivity contribution is 5.84. The maximum atomic E-state index is 12.2. The van der Waals surface area contributed by atoms with E-state index in [1.54, 1.807) is 0 Å². The second-order valence-corrected chi connectivity index (χ2v) is 5.48. The van der Waals surface area contributed by atoms with Crippen molar-refractivity contribution in [3.63, 3.8) is 0 Å². The number of rotatable bonds is 4.